The summed E-state index contributed by atoms with van der Waals surface area (Å²) < 4.78 is 0. The highest BCUT2D eigenvalue weighted by molar-refractivity contribution is 5.91. The smallest absolute Gasteiger partial charge is 0.0616 e. The molecule has 0 atom stereocenters. The second-order valence-corrected chi connectivity index (χ2v) is 6.39. The fraction of sp³-hybridized carbons (Fsp3) is 0.0870. The largest absolute Gasteiger partial charge is 0.154 e. The molecular formula is C23H19+. The Balaban J connectivity index is 2.02. The molecule has 0 nitrogen and oxygen atoms in total. The van der Waals surface area contributed by atoms with Gasteiger partial charge in [-0.1, -0.05) is 84.9 Å². The van der Waals surface area contributed by atoms with Crippen LogP contribution in [0.15, 0.2) is 84.9 Å². The van der Waals surface area contributed by atoms with Crippen LogP contribution in [0, 0.1) is 6.92 Å². The van der Waals surface area contributed by atoms with Crippen molar-refractivity contribution in [1.29, 1.82) is 0 Å². The Kier molecular flexibility index (Phi) is 3.12. The third kappa shape index (κ3) is 2.19. The van der Waals surface area contributed by atoms with Gasteiger partial charge in [-0.2, -0.15) is 0 Å². The van der Waals surface area contributed by atoms with Gasteiger partial charge in [0.2, 0.25) is 0 Å². The molecule has 4 aromatic rings. The van der Waals surface area contributed by atoms with E-state index in [4.69, 9.17) is 0 Å². The van der Waals surface area contributed by atoms with E-state index in [1.165, 1.54) is 32.7 Å². The monoisotopic (exact) mass is 295 g/mol. The van der Waals surface area contributed by atoms with Crippen LogP contribution >= 0.6 is 0 Å². The van der Waals surface area contributed by atoms with Crippen molar-refractivity contribution in [2.75, 3.05) is 0 Å². The Labute approximate surface area is 137 Å². The zero-order valence-corrected chi connectivity index (χ0v) is 13.3. The predicted octanol–water partition coefficient (Wildman–Crippen LogP) is 6.13. The lowest BCUT2D eigenvalue weighted by atomic mass is 9.74. The van der Waals surface area contributed by atoms with Crippen molar-refractivity contribution in [3.05, 3.63) is 103 Å². The van der Waals surface area contributed by atoms with Crippen molar-refractivity contribution in [2.24, 2.45) is 0 Å². The molecule has 0 heteroatoms. The second-order valence-electron chi connectivity index (χ2n) is 6.39. The Hall–Kier alpha value is -2.73. The standard InChI is InChI=1S/C23H19/c1-23(2,21-15-7-11-17-9-3-5-13-19(17)21)22-16-8-12-18-10-4-6-14-20(18)22/h3-16H,1H2,2H3/q+1. The second kappa shape index (κ2) is 5.17. The first kappa shape index (κ1) is 13.9. The average Bonchev–Trinajstić information content (AvgIpc) is 2.60. The fourth-order valence-electron chi connectivity index (χ4n) is 3.56. The molecule has 0 radical (unpaired) electrons. The highest BCUT2D eigenvalue weighted by Crippen LogP contribution is 2.38. The first-order valence-corrected chi connectivity index (χ1v) is 8.00. The van der Waals surface area contributed by atoms with Gasteiger partial charge in [-0.05, 0) is 28.5 Å². The summed E-state index contributed by atoms with van der Waals surface area (Å²) in [7, 11) is 0. The average molecular weight is 295 g/mol. The van der Waals surface area contributed by atoms with E-state index in [1.54, 1.807) is 0 Å². The van der Waals surface area contributed by atoms with Gasteiger partial charge in [0.05, 0.1) is 6.92 Å². The van der Waals surface area contributed by atoms with Gasteiger partial charge in [-0.25, -0.2) is 0 Å². The van der Waals surface area contributed by atoms with Crippen LogP contribution in [0.2, 0.25) is 0 Å². The highest BCUT2D eigenvalue weighted by Gasteiger charge is 2.33. The van der Waals surface area contributed by atoms with Crippen LogP contribution in [0.25, 0.3) is 21.5 Å². The van der Waals surface area contributed by atoms with Gasteiger partial charge in [-0.3, -0.25) is 0 Å². The lowest BCUT2D eigenvalue weighted by Crippen LogP contribution is -2.20. The molecule has 4 rings (SSSR count). The SMILES string of the molecule is [CH2+]C(C)(c1cccc2ccccc12)c1cccc2ccccc12. The molecule has 0 bridgehead atoms. The summed E-state index contributed by atoms with van der Waals surface area (Å²) in [6.07, 6.45) is 0. The highest BCUT2D eigenvalue weighted by atomic mass is 14.3. The molecule has 0 aromatic heterocycles. The minimum absolute atomic E-state index is 0.304. The summed E-state index contributed by atoms with van der Waals surface area (Å²) in [5.74, 6) is 0. The molecule has 0 aliphatic carbocycles. The molecule has 0 saturated carbocycles. The molecular weight excluding hydrogens is 276 g/mol. The summed E-state index contributed by atoms with van der Waals surface area (Å²) in [4.78, 5) is 0. The van der Waals surface area contributed by atoms with E-state index in [2.05, 4.69) is 98.8 Å². The molecule has 0 unspecified atom stereocenters. The van der Waals surface area contributed by atoms with Crippen LogP contribution in [0.1, 0.15) is 18.1 Å². The van der Waals surface area contributed by atoms with Gasteiger partial charge < -0.3 is 0 Å². The minimum Gasteiger partial charge on any atom is -0.0616 e. The number of hydrogen-bond acceptors (Lipinski definition) is 0. The van der Waals surface area contributed by atoms with Gasteiger partial charge in [0.15, 0.2) is 5.41 Å². The number of rotatable bonds is 2. The van der Waals surface area contributed by atoms with Crippen molar-refractivity contribution < 1.29 is 0 Å². The number of benzene rings is 4. The van der Waals surface area contributed by atoms with Crippen molar-refractivity contribution in [1.82, 2.24) is 0 Å². The van der Waals surface area contributed by atoms with Gasteiger partial charge >= 0.3 is 0 Å². The van der Waals surface area contributed by atoms with E-state index < -0.39 is 0 Å². The maximum Gasteiger partial charge on any atom is 0.154 e. The van der Waals surface area contributed by atoms with E-state index in [1.807, 2.05) is 0 Å². The topological polar surface area (TPSA) is 0 Å². The molecule has 0 aliphatic heterocycles. The lowest BCUT2D eigenvalue weighted by molar-refractivity contribution is 0.734. The van der Waals surface area contributed by atoms with Gasteiger partial charge in [-0.15, -0.1) is 0 Å². The molecule has 110 valence electrons. The first-order chi connectivity index (χ1) is 11.2. The maximum absolute atomic E-state index is 4.61. The maximum atomic E-state index is 4.61. The molecule has 4 aromatic carbocycles. The normalized spacial score (nSPS) is 11.9. The van der Waals surface area contributed by atoms with Crippen molar-refractivity contribution in [3.8, 4) is 0 Å². The summed E-state index contributed by atoms with van der Waals surface area (Å²) in [5.41, 5.74) is 2.24. The molecule has 0 N–H and O–H groups in total. The molecule has 0 spiro atoms. The van der Waals surface area contributed by atoms with E-state index in [0.717, 1.165) is 0 Å². The fourth-order valence-corrected chi connectivity index (χ4v) is 3.56. The molecule has 0 amide bonds. The van der Waals surface area contributed by atoms with E-state index in [-0.39, 0.29) is 5.41 Å². The summed E-state index contributed by atoms with van der Waals surface area (Å²) in [5, 5.41) is 5.08. The van der Waals surface area contributed by atoms with Gasteiger partial charge in [0.1, 0.15) is 0 Å². The van der Waals surface area contributed by atoms with E-state index in [9.17, 15) is 0 Å². The third-order valence-electron chi connectivity index (χ3n) is 4.77. The molecule has 0 aliphatic rings. The molecule has 0 heterocycles. The van der Waals surface area contributed by atoms with Crippen LogP contribution < -0.4 is 0 Å². The van der Waals surface area contributed by atoms with Crippen LogP contribution in [0.4, 0.5) is 0 Å². The van der Waals surface area contributed by atoms with Crippen LogP contribution in [-0.4, -0.2) is 0 Å². The zero-order chi connectivity index (χ0) is 15.9. The summed E-state index contributed by atoms with van der Waals surface area (Å²) in [6.45, 7) is 6.83. The van der Waals surface area contributed by atoms with Gasteiger partial charge in [0.25, 0.3) is 0 Å². The zero-order valence-electron chi connectivity index (χ0n) is 13.3. The van der Waals surface area contributed by atoms with E-state index in [0.29, 0.717) is 0 Å². The third-order valence-corrected chi connectivity index (χ3v) is 4.77. The van der Waals surface area contributed by atoms with E-state index >= 15 is 0 Å². The Morgan fingerprint density at radius 1 is 0.565 bits per heavy atom. The molecule has 0 saturated heterocycles. The van der Waals surface area contributed by atoms with Gasteiger partial charge in [0, 0.05) is 11.1 Å². The number of hydrogen-bond donors (Lipinski definition) is 0. The van der Waals surface area contributed by atoms with Crippen molar-refractivity contribution in [2.45, 2.75) is 12.3 Å². The summed E-state index contributed by atoms with van der Waals surface area (Å²) >= 11 is 0. The first-order valence-electron chi connectivity index (χ1n) is 8.00. The van der Waals surface area contributed by atoms with Crippen LogP contribution in [0.5, 0.6) is 0 Å². The minimum atomic E-state index is -0.304. The lowest BCUT2D eigenvalue weighted by Gasteiger charge is -2.22. The van der Waals surface area contributed by atoms with Crippen LogP contribution in [-0.2, 0) is 5.41 Å². The predicted molar refractivity (Wildman–Crippen MR) is 99.7 cm³/mol. The van der Waals surface area contributed by atoms with Crippen molar-refractivity contribution >= 4 is 21.5 Å². The Morgan fingerprint density at radius 3 is 1.43 bits per heavy atom. The van der Waals surface area contributed by atoms with Crippen LogP contribution in [0.3, 0.4) is 0 Å². The quantitative estimate of drug-likeness (QED) is 0.390. The Bertz CT molecular complexity index is 901. The molecule has 23 heavy (non-hydrogen) atoms. The number of fused-ring (bicyclic) bond motifs is 2. The Morgan fingerprint density at radius 2 is 0.957 bits per heavy atom. The summed E-state index contributed by atoms with van der Waals surface area (Å²) in [6, 6.07) is 30.1. The van der Waals surface area contributed by atoms with Crippen molar-refractivity contribution in [3.63, 3.8) is 0 Å². The molecule has 0 fully saturated rings.